The molecule has 0 saturated carbocycles. The molecular formula is C14H22N6. The summed E-state index contributed by atoms with van der Waals surface area (Å²) in [6, 6.07) is 2.06. The molecule has 0 bridgehead atoms. The van der Waals surface area contributed by atoms with E-state index < -0.39 is 0 Å². The second-order valence-corrected chi connectivity index (χ2v) is 5.59. The first kappa shape index (κ1) is 14.4. The Balaban J connectivity index is 2.25. The van der Waals surface area contributed by atoms with E-state index in [1.807, 2.05) is 13.1 Å². The minimum Gasteiger partial charge on any atom is -0.360 e. The molecule has 2 aromatic heterocycles. The Morgan fingerprint density at radius 2 is 1.80 bits per heavy atom. The van der Waals surface area contributed by atoms with Crippen molar-refractivity contribution in [2.24, 2.45) is 13.0 Å². The third-order valence-electron chi connectivity index (χ3n) is 3.27. The quantitative estimate of drug-likeness (QED) is 0.907. The highest BCUT2D eigenvalue weighted by molar-refractivity contribution is 5.37. The Morgan fingerprint density at radius 3 is 2.35 bits per heavy atom. The summed E-state index contributed by atoms with van der Waals surface area (Å²) in [6.07, 6.45) is 3.18. The number of nitrogens with one attached hydrogen (secondary N) is 1. The van der Waals surface area contributed by atoms with Crippen LogP contribution in [0.15, 0.2) is 18.7 Å². The summed E-state index contributed by atoms with van der Waals surface area (Å²) in [5, 5.41) is 7.58. The summed E-state index contributed by atoms with van der Waals surface area (Å²) in [5.74, 6) is 2.48. The molecule has 0 aliphatic rings. The molecule has 1 atom stereocenters. The fraction of sp³-hybridized carbons (Fsp3) is 0.571. The largest absolute Gasteiger partial charge is 0.360 e. The maximum Gasteiger partial charge on any atom is 0.149 e. The SMILES string of the molecule is CC(C)c1cc(N[C@@H](c2ncnn2C)C(C)C)ncn1. The summed E-state index contributed by atoms with van der Waals surface area (Å²) in [7, 11) is 1.90. The van der Waals surface area contributed by atoms with E-state index in [0.717, 1.165) is 17.3 Å². The predicted molar refractivity (Wildman–Crippen MR) is 78.3 cm³/mol. The van der Waals surface area contributed by atoms with Crippen LogP contribution in [0.3, 0.4) is 0 Å². The molecule has 0 aliphatic carbocycles. The lowest BCUT2D eigenvalue weighted by Crippen LogP contribution is -2.21. The molecule has 1 N–H and O–H groups in total. The molecule has 0 radical (unpaired) electrons. The van der Waals surface area contributed by atoms with Crippen molar-refractivity contribution in [1.29, 1.82) is 0 Å². The molecule has 0 unspecified atom stereocenters. The van der Waals surface area contributed by atoms with Gasteiger partial charge < -0.3 is 5.32 Å². The summed E-state index contributed by atoms with van der Waals surface area (Å²) >= 11 is 0. The van der Waals surface area contributed by atoms with Crippen LogP contribution in [-0.2, 0) is 7.05 Å². The first-order valence-corrected chi connectivity index (χ1v) is 6.91. The molecule has 2 rings (SSSR count). The molecule has 6 nitrogen and oxygen atoms in total. The van der Waals surface area contributed by atoms with Gasteiger partial charge >= 0.3 is 0 Å². The summed E-state index contributed by atoms with van der Waals surface area (Å²) in [5.41, 5.74) is 1.03. The Morgan fingerprint density at radius 1 is 1.05 bits per heavy atom. The number of anilines is 1. The van der Waals surface area contributed by atoms with Crippen molar-refractivity contribution in [3.05, 3.63) is 30.2 Å². The zero-order valence-electron chi connectivity index (χ0n) is 12.7. The summed E-state index contributed by atoms with van der Waals surface area (Å²) < 4.78 is 1.79. The highest BCUT2D eigenvalue weighted by atomic mass is 15.3. The van der Waals surface area contributed by atoms with Crippen LogP contribution in [0.1, 0.15) is 51.2 Å². The lowest BCUT2D eigenvalue weighted by molar-refractivity contribution is 0.496. The normalized spacial score (nSPS) is 12.9. The van der Waals surface area contributed by atoms with Crippen molar-refractivity contribution in [3.8, 4) is 0 Å². The van der Waals surface area contributed by atoms with Gasteiger partial charge in [0.25, 0.3) is 0 Å². The molecular weight excluding hydrogens is 252 g/mol. The van der Waals surface area contributed by atoms with Gasteiger partial charge in [-0.05, 0) is 11.8 Å². The van der Waals surface area contributed by atoms with Crippen molar-refractivity contribution in [2.75, 3.05) is 5.32 Å². The molecule has 0 amide bonds. The van der Waals surface area contributed by atoms with Gasteiger partial charge in [0.2, 0.25) is 0 Å². The van der Waals surface area contributed by atoms with Crippen molar-refractivity contribution >= 4 is 5.82 Å². The highest BCUT2D eigenvalue weighted by Gasteiger charge is 2.21. The van der Waals surface area contributed by atoms with Gasteiger partial charge in [-0.1, -0.05) is 27.7 Å². The third-order valence-corrected chi connectivity index (χ3v) is 3.27. The van der Waals surface area contributed by atoms with Crippen LogP contribution in [0.25, 0.3) is 0 Å². The third kappa shape index (κ3) is 3.12. The minimum absolute atomic E-state index is 0.0670. The van der Waals surface area contributed by atoms with Crippen LogP contribution >= 0.6 is 0 Å². The number of nitrogens with zero attached hydrogens (tertiary/aromatic N) is 5. The van der Waals surface area contributed by atoms with Gasteiger partial charge in [0.1, 0.15) is 24.3 Å². The van der Waals surface area contributed by atoms with E-state index in [0.29, 0.717) is 11.8 Å². The molecule has 0 saturated heterocycles. The summed E-state index contributed by atoms with van der Waals surface area (Å²) in [4.78, 5) is 12.9. The van der Waals surface area contributed by atoms with Gasteiger partial charge in [-0.15, -0.1) is 0 Å². The number of aryl methyl sites for hydroxylation is 1. The maximum atomic E-state index is 4.34. The molecule has 0 aromatic carbocycles. The van der Waals surface area contributed by atoms with Gasteiger partial charge in [-0.25, -0.2) is 15.0 Å². The second-order valence-electron chi connectivity index (χ2n) is 5.59. The minimum atomic E-state index is 0.0670. The summed E-state index contributed by atoms with van der Waals surface area (Å²) in [6.45, 7) is 8.54. The lowest BCUT2D eigenvalue weighted by atomic mass is 10.0. The van der Waals surface area contributed by atoms with Crippen LogP contribution in [-0.4, -0.2) is 24.7 Å². The average molecular weight is 274 g/mol. The standard InChI is InChI=1S/C14H22N6/c1-9(2)11-6-12(16-7-15-11)19-13(10(3)4)14-17-8-18-20(14)5/h6-10,13H,1-5H3,(H,15,16,19)/t13-/m1/s1. The van der Waals surface area contributed by atoms with Crippen molar-refractivity contribution in [1.82, 2.24) is 24.7 Å². The molecule has 2 aromatic rings. The molecule has 20 heavy (non-hydrogen) atoms. The van der Waals surface area contributed by atoms with Crippen molar-refractivity contribution in [2.45, 2.75) is 39.7 Å². The van der Waals surface area contributed by atoms with E-state index in [4.69, 9.17) is 0 Å². The lowest BCUT2D eigenvalue weighted by Gasteiger charge is -2.22. The number of hydrogen-bond donors (Lipinski definition) is 1. The van der Waals surface area contributed by atoms with Gasteiger partial charge in [0.15, 0.2) is 0 Å². The van der Waals surface area contributed by atoms with Crippen LogP contribution in [0.4, 0.5) is 5.82 Å². The highest BCUT2D eigenvalue weighted by Crippen LogP contribution is 2.24. The smallest absolute Gasteiger partial charge is 0.149 e. The molecule has 0 spiro atoms. The van der Waals surface area contributed by atoms with Gasteiger partial charge in [0.05, 0.1) is 6.04 Å². The molecule has 0 fully saturated rings. The van der Waals surface area contributed by atoms with Crippen LogP contribution in [0, 0.1) is 5.92 Å². The van der Waals surface area contributed by atoms with Crippen molar-refractivity contribution in [3.63, 3.8) is 0 Å². The van der Waals surface area contributed by atoms with Crippen LogP contribution in [0.2, 0.25) is 0 Å². The molecule has 2 heterocycles. The first-order chi connectivity index (χ1) is 9.49. The van der Waals surface area contributed by atoms with E-state index in [1.54, 1.807) is 17.3 Å². The van der Waals surface area contributed by atoms with Crippen LogP contribution < -0.4 is 5.32 Å². The molecule has 0 aliphatic heterocycles. The van der Waals surface area contributed by atoms with Crippen molar-refractivity contribution < 1.29 is 0 Å². The predicted octanol–water partition coefficient (Wildman–Crippen LogP) is 2.54. The Bertz CT molecular complexity index is 560. The van der Waals surface area contributed by atoms with E-state index in [-0.39, 0.29) is 6.04 Å². The average Bonchev–Trinajstić information content (AvgIpc) is 2.82. The van der Waals surface area contributed by atoms with E-state index in [9.17, 15) is 0 Å². The Labute approximate surface area is 119 Å². The second kappa shape index (κ2) is 5.98. The monoisotopic (exact) mass is 274 g/mol. The van der Waals surface area contributed by atoms with E-state index >= 15 is 0 Å². The molecule has 108 valence electrons. The van der Waals surface area contributed by atoms with Crippen LogP contribution in [0.5, 0.6) is 0 Å². The zero-order valence-corrected chi connectivity index (χ0v) is 12.7. The van der Waals surface area contributed by atoms with Gasteiger partial charge in [0, 0.05) is 18.8 Å². The van der Waals surface area contributed by atoms with E-state index in [2.05, 4.69) is 53.1 Å². The Kier molecular flexibility index (Phi) is 4.32. The maximum absolute atomic E-state index is 4.34. The topological polar surface area (TPSA) is 68.5 Å². The van der Waals surface area contributed by atoms with Gasteiger partial charge in [-0.2, -0.15) is 5.10 Å². The zero-order chi connectivity index (χ0) is 14.7. The number of aromatic nitrogens is 5. The number of hydrogen-bond acceptors (Lipinski definition) is 5. The Hall–Kier alpha value is -1.98. The fourth-order valence-corrected chi connectivity index (χ4v) is 2.04. The molecule has 6 heteroatoms. The van der Waals surface area contributed by atoms with Gasteiger partial charge in [-0.3, -0.25) is 4.68 Å². The first-order valence-electron chi connectivity index (χ1n) is 6.91. The fourth-order valence-electron chi connectivity index (χ4n) is 2.04. The van der Waals surface area contributed by atoms with E-state index in [1.165, 1.54) is 0 Å². The number of rotatable bonds is 5.